The Morgan fingerprint density at radius 1 is 1.46 bits per heavy atom. The van der Waals surface area contributed by atoms with Crippen molar-refractivity contribution in [1.29, 1.82) is 0 Å². The maximum atomic E-state index is 11.0. The topological polar surface area (TPSA) is 26.3 Å². The molecular weight excluding hydrogens is 163 g/mol. The van der Waals surface area contributed by atoms with Gasteiger partial charge in [0.25, 0.3) is 0 Å². The molecule has 0 radical (unpaired) electrons. The highest BCUT2D eigenvalue weighted by Gasteiger charge is 2.27. The molecule has 1 aliphatic heterocycles. The molecule has 1 unspecified atom stereocenters. The van der Waals surface area contributed by atoms with Crippen LogP contribution in [0.1, 0.15) is 33.6 Å². The zero-order valence-corrected chi connectivity index (χ0v) is 9.30. The maximum absolute atomic E-state index is 11.0. The zero-order valence-electron chi connectivity index (χ0n) is 9.30. The monoisotopic (exact) mass is 184 g/mol. The molecule has 0 spiro atoms. The van der Waals surface area contributed by atoms with Crippen LogP contribution in [0, 0.1) is 0 Å². The van der Waals surface area contributed by atoms with Crippen molar-refractivity contribution in [3.63, 3.8) is 0 Å². The molecule has 0 bridgehead atoms. The predicted octanol–water partition coefficient (Wildman–Crippen LogP) is 2.44. The molecule has 13 heavy (non-hydrogen) atoms. The molecule has 0 aliphatic carbocycles. The van der Waals surface area contributed by atoms with E-state index in [4.69, 9.17) is 4.74 Å². The molecule has 2 nitrogen and oxygen atoms in total. The number of rotatable bonds is 2. The van der Waals surface area contributed by atoms with Gasteiger partial charge in [-0.15, -0.1) is 0 Å². The molecule has 76 valence electrons. The molecule has 3 heteroatoms. The SMILES string of the molecule is CC.COC1CCCB(C(C)=O)C1. The molecule has 0 aromatic heterocycles. The third-order valence-corrected chi connectivity index (χ3v) is 2.53. The Morgan fingerprint density at radius 2 is 2.08 bits per heavy atom. The van der Waals surface area contributed by atoms with Crippen LogP contribution in [0.25, 0.3) is 0 Å². The van der Waals surface area contributed by atoms with Gasteiger partial charge in [-0.2, -0.15) is 0 Å². The average molecular weight is 184 g/mol. The summed E-state index contributed by atoms with van der Waals surface area (Å²) in [5.41, 5.74) is 0.326. The van der Waals surface area contributed by atoms with Gasteiger partial charge in [-0.3, -0.25) is 0 Å². The number of carbonyl (C=O) groups is 1. The molecule has 1 saturated heterocycles. The van der Waals surface area contributed by atoms with Crippen LogP contribution in [0.2, 0.25) is 12.6 Å². The Kier molecular flexibility index (Phi) is 6.97. The first-order chi connectivity index (χ1) is 6.24. The van der Waals surface area contributed by atoms with Crippen LogP contribution in [0.5, 0.6) is 0 Å². The number of hydrogen-bond acceptors (Lipinski definition) is 2. The summed E-state index contributed by atoms with van der Waals surface area (Å²) in [5, 5.41) is 0. The van der Waals surface area contributed by atoms with Crippen LogP contribution < -0.4 is 0 Å². The molecule has 0 saturated carbocycles. The highest BCUT2D eigenvalue weighted by atomic mass is 16.5. The highest BCUT2D eigenvalue weighted by molar-refractivity contribution is 6.89. The lowest BCUT2D eigenvalue weighted by atomic mass is 9.38. The highest BCUT2D eigenvalue weighted by Crippen LogP contribution is 2.21. The standard InChI is InChI=1S/C8H15BO2.C2H6/c1-7(10)9-5-3-4-8(6-9)11-2;1-2/h8H,3-6H2,1-2H3;1-2H3. The normalized spacial score (nSPS) is 21.8. The molecule has 1 atom stereocenters. The lowest BCUT2D eigenvalue weighted by Crippen LogP contribution is -2.33. The van der Waals surface area contributed by atoms with Crippen molar-refractivity contribution in [2.75, 3.05) is 7.11 Å². The van der Waals surface area contributed by atoms with E-state index >= 15 is 0 Å². The van der Waals surface area contributed by atoms with Gasteiger partial charge in [0.05, 0.1) is 11.8 Å². The second-order valence-electron chi connectivity index (χ2n) is 3.33. The minimum atomic E-state index is 0.272. The van der Waals surface area contributed by atoms with Crippen molar-refractivity contribution in [2.24, 2.45) is 0 Å². The Hall–Kier alpha value is -0.305. The van der Waals surface area contributed by atoms with Crippen molar-refractivity contribution in [1.82, 2.24) is 0 Å². The summed E-state index contributed by atoms with van der Waals surface area (Å²) in [6.45, 7) is 5.96. The van der Waals surface area contributed by atoms with Gasteiger partial charge < -0.3 is 9.53 Å². The van der Waals surface area contributed by atoms with Gasteiger partial charge >= 0.3 is 0 Å². The first kappa shape index (κ1) is 12.7. The molecule has 0 aromatic rings. The Bertz CT molecular complexity index is 148. The zero-order chi connectivity index (χ0) is 10.3. The first-order valence-electron chi connectivity index (χ1n) is 5.27. The quantitative estimate of drug-likeness (QED) is 0.616. The van der Waals surface area contributed by atoms with Crippen molar-refractivity contribution in [3.8, 4) is 0 Å². The number of methoxy groups -OCH3 is 1. The van der Waals surface area contributed by atoms with E-state index < -0.39 is 0 Å². The van der Waals surface area contributed by atoms with Gasteiger partial charge in [0.2, 0.25) is 6.71 Å². The fraction of sp³-hybridized carbons (Fsp3) is 0.900. The van der Waals surface area contributed by atoms with Crippen LogP contribution in [-0.2, 0) is 9.53 Å². The van der Waals surface area contributed by atoms with Crippen molar-refractivity contribution >= 4 is 12.4 Å². The largest absolute Gasteiger partial charge is 0.382 e. The Morgan fingerprint density at radius 3 is 2.54 bits per heavy atom. The average Bonchev–Trinajstić information content (AvgIpc) is 2.21. The second kappa shape index (κ2) is 7.13. The minimum absolute atomic E-state index is 0.272. The molecule has 1 rings (SSSR count). The number of hydrogen-bond donors (Lipinski definition) is 0. The molecule has 0 N–H and O–H groups in total. The summed E-state index contributed by atoms with van der Waals surface area (Å²) >= 11 is 0. The van der Waals surface area contributed by atoms with E-state index in [1.165, 1.54) is 0 Å². The van der Waals surface area contributed by atoms with E-state index in [1.807, 2.05) is 13.8 Å². The van der Waals surface area contributed by atoms with Crippen molar-refractivity contribution in [3.05, 3.63) is 0 Å². The third-order valence-electron chi connectivity index (χ3n) is 2.53. The van der Waals surface area contributed by atoms with Gasteiger partial charge in [0.15, 0.2) is 0 Å². The van der Waals surface area contributed by atoms with Crippen LogP contribution in [-0.4, -0.2) is 25.6 Å². The van der Waals surface area contributed by atoms with Crippen LogP contribution in [0.3, 0.4) is 0 Å². The summed E-state index contributed by atoms with van der Waals surface area (Å²) in [6, 6.07) is 0. The Labute approximate surface area is 82.1 Å². The van der Waals surface area contributed by atoms with Crippen LogP contribution in [0.15, 0.2) is 0 Å². The predicted molar refractivity (Wildman–Crippen MR) is 57.4 cm³/mol. The Balaban J connectivity index is 0.000000671. The van der Waals surface area contributed by atoms with E-state index in [1.54, 1.807) is 14.0 Å². The molecular formula is C10H21BO2. The van der Waals surface area contributed by atoms with E-state index in [9.17, 15) is 4.79 Å². The molecule has 1 fully saturated rings. The summed E-state index contributed by atoms with van der Waals surface area (Å²) in [4.78, 5) is 11.0. The lowest BCUT2D eigenvalue weighted by Gasteiger charge is -2.23. The third kappa shape index (κ3) is 4.46. The van der Waals surface area contributed by atoms with Crippen LogP contribution in [0.4, 0.5) is 0 Å². The summed E-state index contributed by atoms with van der Waals surface area (Å²) in [5.74, 6) is 0. The van der Waals surface area contributed by atoms with Crippen LogP contribution >= 0.6 is 0 Å². The number of carbonyl (C=O) groups excluding carboxylic acids is 1. The summed E-state index contributed by atoms with van der Waals surface area (Å²) < 4.78 is 5.22. The fourth-order valence-electron chi connectivity index (χ4n) is 1.73. The molecule has 0 aromatic carbocycles. The van der Waals surface area contributed by atoms with Gasteiger partial charge in [0, 0.05) is 7.11 Å². The molecule has 1 heterocycles. The molecule has 0 amide bonds. The minimum Gasteiger partial charge on any atom is -0.382 e. The van der Waals surface area contributed by atoms with E-state index in [0.29, 0.717) is 11.8 Å². The van der Waals surface area contributed by atoms with E-state index in [2.05, 4.69) is 0 Å². The fourth-order valence-corrected chi connectivity index (χ4v) is 1.73. The number of ether oxygens (including phenoxy) is 1. The smallest absolute Gasteiger partial charge is 0.225 e. The summed E-state index contributed by atoms with van der Waals surface area (Å²) in [6.07, 6.45) is 4.60. The molecule has 1 aliphatic rings. The van der Waals surface area contributed by atoms with E-state index in [0.717, 1.165) is 25.5 Å². The van der Waals surface area contributed by atoms with Gasteiger partial charge in [0.1, 0.15) is 0 Å². The maximum Gasteiger partial charge on any atom is 0.225 e. The van der Waals surface area contributed by atoms with Gasteiger partial charge in [-0.25, -0.2) is 0 Å². The summed E-state index contributed by atoms with van der Waals surface area (Å²) in [7, 11) is 1.73. The van der Waals surface area contributed by atoms with Crippen molar-refractivity contribution in [2.45, 2.75) is 52.4 Å². The van der Waals surface area contributed by atoms with E-state index in [-0.39, 0.29) is 6.71 Å². The lowest BCUT2D eigenvalue weighted by molar-refractivity contribution is -0.110. The van der Waals surface area contributed by atoms with Gasteiger partial charge in [-0.1, -0.05) is 26.6 Å². The van der Waals surface area contributed by atoms with Crippen molar-refractivity contribution < 1.29 is 9.53 Å². The first-order valence-corrected chi connectivity index (χ1v) is 5.27. The van der Waals surface area contributed by atoms with Gasteiger partial charge in [-0.05, 0) is 19.7 Å². The second-order valence-corrected chi connectivity index (χ2v) is 3.33.